The van der Waals surface area contributed by atoms with E-state index >= 15 is 0 Å². The second-order valence-corrected chi connectivity index (χ2v) is 8.88. The van der Waals surface area contributed by atoms with Gasteiger partial charge in [-0.1, -0.05) is 41.4 Å². The molecule has 0 saturated carbocycles. The lowest BCUT2D eigenvalue weighted by molar-refractivity contribution is 0.0244. The molecule has 2 aromatic carbocycles. The number of halogens is 1. The standard InChI is InChI=1S/C26H26ClN5O3/c1-15-3-5-16(6-4-15)19-14-29-23-22(19)25(35-18-9-11-34-12-10-18)32-26(31-23)30-21-8-7-17(13-20(21)27)24(33)28-2/h3-8,13-14,18H,9-12H2,1-2H3,(H,28,33)(H2,29,30,31,32). The zero-order valence-corrected chi connectivity index (χ0v) is 20.3. The summed E-state index contributed by atoms with van der Waals surface area (Å²) in [6.45, 7) is 3.39. The quantitative estimate of drug-likeness (QED) is 0.340. The van der Waals surface area contributed by atoms with Crippen LogP contribution in [-0.4, -0.2) is 47.2 Å². The fourth-order valence-electron chi connectivity index (χ4n) is 4.08. The number of nitrogens with one attached hydrogen (secondary N) is 3. The fourth-order valence-corrected chi connectivity index (χ4v) is 4.30. The van der Waals surface area contributed by atoms with Crippen LogP contribution in [0.15, 0.2) is 48.7 Å². The van der Waals surface area contributed by atoms with Gasteiger partial charge in [-0.15, -0.1) is 0 Å². The summed E-state index contributed by atoms with van der Waals surface area (Å²) in [4.78, 5) is 24.6. The van der Waals surface area contributed by atoms with Gasteiger partial charge in [-0.3, -0.25) is 4.79 Å². The van der Waals surface area contributed by atoms with E-state index in [-0.39, 0.29) is 12.0 Å². The molecule has 1 saturated heterocycles. The maximum absolute atomic E-state index is 11.9. The first kappa shape index (κ1) is 23.1. The third-order valence-corrected chi connectivity index (χ3v) is 6.33. The van der Waals surface area contributed by atoms with Crippen molar-refractivity contribution in [3.63, 3.8) is 0 Å². The number of benzene rings is 2. The molecule has 180 valence electrons. The van der Waals surface area contributed by atoms with Gasteiger partial charge in [0.25, 0.3) is 5.91 Å². The number of aryl methyl sites for hydroxylation is 1. The molecular formula is C26H26ClN5O3. The van der Waals surface area contributed by atoms with E-state index in [2.05, 4.69) is 51.8 Å². The molecule has 0 bridgehead atoms. The van der Waals surface area contributed by atoms with Crippen LogP contribution in [0.2, 0.25) is 5.02 Å². The highest BCUT2D eigenvalue weighted by Crippen LogP contribution is 2.36. The minimum absolute atomic E-state index is 0.00546. The zero-order valence-electron chi connectivity index (χ0n) is 19.5. The lowest BCUT2D eigenvalue weighted by Crippen LogP contribution is -2.26. The van der Waals surface area contributed by atoms with E-state index in [4.69, 9.17) is 26.1 Å². The number of amides is 1. The van der Waals surface area contributed by atoms with Gasteiger partial charge < -0.3 is 25.1 Å². The summed E-state index contributed by atoms with van der Waals surface area (Å²) in [5.74, 6) is 0.629. The predicted molar refractivity (Wildman–Crippen MR) is 137 cm³/mol. The van der Waals surface area contributed by atoms with Crippen LogP contribution in [0, 0.1) is 6.92 Å². The van der Waals surface area contributed by atoms with Crippen LogP contribution in [0.3, 0.4) is 0 Å². The number of hydrogen-bond acceptors (Lipinski definition) is 6. The molecule has 5 rings (SSSR count). The Morgan fingerprint density at radius 1 is 1.14 bits per heavy atom. The number of anilines is 2. The van der Waals surface area contributed by atoms with Gasteiger partial charge in [-0.25, -0.2) is 0 Å². The highest BCUT2D eigenvalue weighted by molar-refractivity contribution is 6.33. The minimum atomic E-state index is -0.210. The molecule has 0 atom stereocenters. The lowest BCUT2D eigenvalue weighted by atomic mass is 10.0. The van der Waals surface area contributed by atoms with E-state index in [0.717, 1.165) is 29.4 Å². The van der Waals surface area contributed by atoms with Gasteiger partial charge in [0.15, 0.2) is 0 Å². The van der Waals surface area contributed by atoms with Gasteiger partial charge in [0, 0.05) is 37.2 Å². The van der Waals surface area contributed by atoms with Crippen molar-refractivity contribution in [2.24, 2.45) is 0 Å². The number of aromatic nitrogens is 3. The van der Waals surface area contributed by atoms with Crippen LogP contribution >= 0.6 is 11.6 Å². The molecule has 3 heterocycles. The summed E-state index contributed by atoms with van der Waals surface area (Å²) < 4.78 is 11.9. The van der Waals surface area contributed by atoms with Crippen molar-refractivity contribution in [1.82, 2.24) is 20.3 Å². The van der Waals surface area contributed by atoms with E-state index in [1.807, 2.05) is 6.20 Å². The largest absolute Gasteiger partial charge is 0.474 e. The van der Waals surface area contributed by atoms with E-state index in [9.17, 15) is 4.79 Å². The van der Waals surface area contributed by atoms with E-state index < -0.39 is 0 Å². The zero-order chi connectivity index (χ0) is 24.4. The van der Waals surface area contributed by atoms with Crippen molar-refractivity contribution in [1.29, 1.82) is 0 Å². The Bertz CT molecular complexity index is 1360. The molecule has 4 aromatic rings. The van der Waals surface area contributed by atoms with Crippen LogP contribution in [0.4, 0.5) is 11.6 Å². The topological polar surface area (TPSA) is 101 Å². The Morgan fingerprint density at radius 3 is 2.63 bits per heavy atom. The molecule has 35 heavy (non-hydrogen) atoms. The molecule has 9 heteroatoms. The Kier molecular flexibility index (Phi) is 6.57. The van der Waals surface area contributed by atoms with Crippen molar-refractivity contribution < 1.29 is 14.3 Å². The molecule has 1 fully saturated rings. The molecular weight excluding hydrogens is 466 g/mol. The third-order valence-electron chi connectivity index (χ3n) is 6.01. The fraction of sp³-hybridized carbons (Fsp3) is 0.269. The van der Waals surface area contributed by atoms with Crippen LogP contribution in [0.5, 0.6) is 5.88 Å². The van der Waals surface area contributed by atoms with Gasteiger partial charge >= 0.3 is 0 Å². The number of rotatable bonds is 6. The van der Waals surface area contributed by atoms with E-state index in [1.165, 1.54) is 5.56 Å². The molecule has 0 spiro atoms. The van der Waals surface area contributed by atoms with Gasteiger partial charge in [-0.05, 0) is 30.7 Å². The number of aromatic amines is 1. The SMILES string of the molecule is CNC(=O)c1ccc(Nc2nc(OC3CCOCC3)c3c(-c4ccc(C)cc4)c[nH]c3n2)c(Cl)c1. The number of hydrogen-bond donors (Lipinski definition) is 3. The summed E-state index contributed by atoms with van der Waals surface area (Å²) in [6.07, 6.45) is 3.53. The number of fused-ring (bicyclic) bond motifs is 1. The molecule has 0 radical (unpaired) electrons. The van der Waals surface area contributed by atoms with Crippen LogP contribution in [0.25, 0.3) is 22.2 Å². The van der Waals surface area contributed by atoms with Gasteiger partial charge in [0.05, 0.1) is 29.3 Å². The van der Waals surface area contributed by atoms with Crippen LogP contribution < -0.4 is 15.4 Å². The van der Waals surface area contributed by atoms with Crippen molar-refractivity contribution in [2.75, 3.05) is 25.6 Å². The maximum Gasteiger partial charge on any atom is 0.251 e. The second-order valence-electron chi connectivity index (χ2n) is 8.47. The number of carbonyl (C=O) groups is 1. The molecule has 8 nitrogen and oxygen atoms in total. The van der Waals surface area contributed by atoms with Crippen molar-refractivity contribution in [3.05, 3.63) is 64.8 Å². The van der Waals surface area contributed by atoms with E-state index in [1.54, 1.807) is 25.2 Å². The summed E-state index contributed by atoms with van der Waals surface area (Å²) in [5, 5.41) is 6.97. The number of carbonyl (C=O) groups excluding carboxylic acids is 1. The maximum atomic E-state index is 11.9. The van der Waals surface area contributed by atoms with Crippen LogP contribution in [-0.2, 0) is 4.74 Å². The average molecular weight is 492 g/mol. The molecule has 3 N–H and O–H groups in total. The Balaban J connectivity index is 1.54. The number of H-pyrrole nitrogens is 1. The van der Waals surface area contributed by atoms with Gasteiger partial charge in [0.2, 0.25) is 11.8 Å². The predicted octanol–water partition coefficient (Wildman–Crippen LogP) is 5.25. The van der Waals surface area contributed by atoms with Gasteiger partial charge in [-0.2, -0.15) is 9.97 Å². The summed E-state index contributed by atoms with van der Waals surface area (Å²) in [5.41, 5.74) is 4.92. The summed E-state index contributed by atoms with van der Waals surface area (Å²) in [6, 6.07) is 13.3. The highest BCUT2D eigenvalue weighted by Gasteiger charge is 2.22. The first-order valence-corrected chi connectivity index (χ1v) is 11.9. The van der Waals surface area contributed by atoms with E-state index in [0.29, 0.717) is 47.0 Å². The van der Waals surface area contributed by atoms with Crippen molar-refractivity contribution >= 4 is 40.2 Å². The molecule has 1 aliphatic rings. The third kappa shape index (κ3) is 4.94. The first-order valence-electron chi connectivity index (χ1n) is 11.5. The normalized spacial score (nSPS) is 14.1. The Morgan fingerprint density at radius 2 is 1.91 bits per heavy atom. The lowest BCUT2D eigenvalue weighted by Gasteiger charge is -2.23. The summed E-state index contributed by atoms with van der Waals surface area (Å²) >= 11 is 6.44. The molecule has 0 aliphatic carbocycles. The Hall–Kier alpha value is -3.62. The molecule has 1 aliphatic heterocycles. The minimum Gasteiger partial charge on any atom is -0.474 e. The molecule has 0 unspecified atom stereocenters. The average Bonchev–Trinajstić information content (AvgIpc) is 3.30. The molecule has 2 aromatic heterocycles. The summed E-state index contributed by atoms with van der Waals surface area (Å²) in [7, 11) is 1.58. The Labute approximate surface area is 208 Å². The van der Waals surface area contributed by atoms with Crippen molar-refractivity contribution in [3.8, 4) is 17.0 Å². The smallest absolute Gasteiger partial charge is 0.251 e. The second kappa shape index (κ2) is 9.93. The molecule has 1 amide bonds. The van der Waals surface area contributed by atoms with Crippen LogP contribution in [0.1, 0.15) is 28.8 Å². The highest BCUT2D eigenvalue weighted by atomic mass is 35.5. The van der Waals surface area contributed by atoms with Gasteiger partial charge in [0.1, 0.15) is 11.8 Å². The van der Waals surface area contributed by atoms with Crippen molar-refractivity contribution in [2.45, 2.75) is 25.9 Å². The number of nitrogens with zero attached hydrogens (tertiary/aromatic N) is 2. The first-order chi connectivity index (χ1) is 17.0. The monoisotopic (exact) mass is 491 g/mol. The number of ether oxygens (including phenoxy) is 2.